The molecular weight excluding hydrogens is 461 g/mol. The highest BCUT2D eigenvalue weighted by atomic mass is 19.4. The molecule has 0 radical (unpaired) electrons. The number of nitrogens with one attached hydrogen (secondary N) is 1. The molecule has 0 saturated carbocycles. The van der Waals surface area contributed by atoms with Crippen molar-refractivity contribution >= 4 is 11.8 Å². The van der Waals surface area contributed by atoms with Crippen LogP contribution >= 0.6 is 0 Å². The first-order chi connectivity index (χ1) is 14.3. The number of aromatic nitrogens is 2. The highest BCUT2D eigenvalue weighted by Crippen LogP contribution is 2.40. The molecule has 0 aliphatic carbocycles. The van der Waals surface area contributed by atoms with Crippen LogP contribution in [0.4, 0.5) is 50.0 Å². The normalized spacial score (nSPS) is 13.2. The molecule has 1 heterocycles. The molecule has 0 aliphatic rings. The first kappa shape index (κ1) is 25.3. The lowest BCUT2D eigenvalue weighted by Crippen LogP contribution is -2.30. The standard InChI is InChI=1S/C18H16F9N3O2/c1-4-15(2,3)32-14(31)29-12-8-28-30(13(12)18(25,26)27)11-6-9(16(19,20)21)5-10(7-11)17(22,23)24/h5-8H,4H2,1-3H3,(H,29,31). The second-order valence-electron chi connectivity index (χ2n) is 7.21. The van der Waals surface area contributed by atoms with Crippen LogP contribution in [-0.4, -0.2) is 21.5 Å². The summed E-state index contributed by atoms with van der Waals surface area (Å²) in [6.07, 6.45) is -16.4. The van der Waals surface area contributed by atoms with E-state index in [9.17, 15) is 44.3 Å². The van der Waals surface area contributed by atoms with Crippen LogP contribution in [-0.2, 0) is 23.3 Å². The van der Waals surface area contributed by atoms with Gasteiger partial charge in [0.2, 0.25) is 0 Å². The fourth-order valence-electron chi connectivity index (χ4n) is 2.43. The van der Waals surface area contributed by atoms with Crippen molar-refractivity contribution in [1.82, 2.24) is 9.78 Å². The van der Waals surface area contributed by atoms with Crippen molar-refractivity contribution in [2.75, 3.05) is 5.32 Å². The van der Waals surface area contributed by atoms with Gasteiger partial charge in [0.05, 0.1) is 28.7 Å². The van der Waals surface area contributed by atoms with Crippen LogP contribution in [0.2, 0.25) is 0 Å². The van der Waals surface area contributed by atoms with E-state index in [-0.39, 0.29) is 22.9 Å². The molecule has 32 heavy (non-hydrogen) atoms. The van der Waals surface area contributed by atoms with Gasteiger partial charge in [-0.1, -0.05) is 6.92 Å². The number of anilines is 1. The van der Waals surface area contributed by atoms with Gasteiger partial charge in [-0.3, -0.25) is 5.32 Å². The van der Waals surface area contributed by atoms with Gasteiger partial charge >= 0.3 is 24.6 Å². The number of nitrogens with zero attached hydrogens (tertiary/aromatic N) is 2. The predicted octanol–water partition coefficient (Wildman–Crippen LogP) is 6.67. The smallest absolute Gasteiger partial charge is 0.435 e. The molecule has 2 rings (SSSR count). The zero-order valence-electron chi connectivity index (χ0n) is 16.6. The summed E-state index contributed by atoms with van der Waals surface area (Å²) in [5.41, 5.74) is -8.68. The molecule has 0 aliphatic heterocycles. The Hall–Kier alpha value is -2.93. The third-order valence-electron chi connectivity index (χ3n) is 4.31. The lowest BCUT2D eigenvalue weighted by atomic mass is 10.1. The molecule has 1 N–H and O–H groups in total. The Labute approximate surface area is 175 Å². The average Bonchev–Trinajstić information content (AvgIpc) is 3.03. The maximum absolute atomic E-state index is 13.7. The van der Waals surface area contributed by atoms with Gasteiger partial charge in [-0.25, -0.2) is 9.48 Å². The average molecular weight is 477 g/mol. The van der Waals surface area contributed by atoms with E-state index in [0.29, 0.717) is 12.6 Å². The number of alkyl halides is 9. The van der Waals surface area contributed by atoms with Crippen LogP contribution in [0.15, 0.2) is 24.4 Å². The molecule has 1 aromatic heterocycles. The Kier molecular flexibility index (Phi) is 6.49. The Morgan fingerprint density at radius 2 is 1.44 bits per heavy atom. The second kappa shape index (κ2) is 8.20. The van der Waals surface area contributed by atoms with Crippen molar-refractivity contribution in [3.8, 4) is 5.69 Å². The lowest BCUT2D eigenvalue weighted by molar-refractivity contribution is -0.143. The molecule has 1 aromatic carbocycles. The highest BCUT2D eigenvalue weighted by molar-refractivity contribution is 5.85. The number of halogens is 9. The van der Waals surface area contributed by atoms with Crippen LogP contribution < -0.4 is 5.32 Å². The number of hydrogen-bond donors (Lipinski definition) is 1. The van der Waals surface area contributed by atoms with Crippen molar-refractivity contribution in [1.29, 1.82) is 0 Å². The van der Waals surface area contributed by atoms with Gasteiger partial charge < -0.3 is 4.74 Å². The third kappa shape index (κ3) is 5.85. The topological polar surface area (TPSA) is 56.1 Å². The summed E-state index contributed by atoms with van der Waals surface area (Å²) in [6, 6.07) is -0.0663. The molecular formula is C18H16F9N3O2. The molecule has 178 valence electrons. The SMILES string of the molecule is CCC(C)(C)OC(=O)Nc1cnn(-c2cc(C(F)(F)F)cc(C(F)(F)F)c2)c1C(F)(F)F. The highest BCUT2D eigenvalue weighted by Gasteiger charge is 2.42. The Bertz CT molecular complexity index is 957. The molecule has 0 spiro atoms. The summed E-state index contributed by atoms with van der Waals surface area (Å²) in [5.74, 6) is 0. The monoisotopic (exact) mass is 477 g/mol. The van der Waals surface area contributed by atoms with Gasteiger partial charge in [-0.15, -0.1) is 0 Å². The van der Waals surface area contributed by atoms with Gasteiger partial charge in [0.15, 0.2) is 5.69 Å². The molecule has 0 fully saturated rings. The fourth-order valence-corrected chi connectivity index (χ4v) is 2.43. The number of benzene rings is 1. The van der Waals surface area contributed by atoms with E-state index in [1.807, 2.05) is 0 Å². The summed E-state index contributed by atoms with van der Waals surface area (Å²) in [4.78, 5) is 11.9. The summed E-state index contributed by atoms with van der Waals surface area (Å²) >= 11 is 0. The zero-order valence-corrected chi connectivity index (χ0v) is 16.6. The number of amides is 1. The van der Waals surface area contributed by atoms with Gasteiger partial charge in [-0.2, -0.15) is 44.6 Å². The number of rotatable bonds is 4. The zero-order chi connectivity index (χ0) is 24.7. The summed E-state index contributed by atoms with van der Waals surface area (Å²) in [7, 11) is 0. The van der Waals surface area contributed by atoms with E-state index < -0.39 is 58.4 Å². The van der Waals surface area contributed by atoms with Crippen molar-refractivity contribution in [3.63, 3.8) is 0 Å². The maximum atomic E-state index is 13.7. The van der Waals surface area contributed by atoms with Crippen LogP contribution in [0.25, 0.3) is 5.69 Å². The van der Waals surface area contributed by atoms with Crippen molar-refractivity contribution in [3.05, 3.63) is 41.2 Å². The second-order valence-corrected chi connectivity index (χ2v) is 7.21. The predicted molar refractivity (Wildman–Crippen MR) is 93.0 cm³/mol. The van der Waals surface area contributed by atoms with Gasteiger partial charge in [-0.05, 0) is 38.5 Å². The molecule has 0 unspecified atom stereocenters. The van der Waals surface area contributed by atoms with Gasteiger partial charge in [0.25, 0.3) is 0 Å². The Morgan fingerprint density at radius 1 is 0.938 bits per heavy atom. The lowest BCUT2D eigenvalue weighted by Gasteiger charge is -2.23. The van der Waals surface area contributed by atoms with Crippen LogP contribution in [0.1, 0.15) is 44.0 Å². The number of carbonyl (C=O) groups excluding carboxylic acids is 1. The van der Waals surface area contributed by atoms with E-state index in [2.05, 4.69) is 5.10 Å². The number of ether oxygens (including phenoxy) is 1. The van der Waals surface area contributed by atoms with Crippen molar-refractivity contribution in [2.24, 2.45) is 0 Å². The molecule has 0 saturated heterocycles. The molecule has 5 nitrogen and oxygen atoms in total. The Balaban J connectivity index is 2.63. The molecule has 2 aromatic rings. The molecule has 0 atom stereocenters. The molecule has 14 heteroatoms. The maximum Gasteiger partial charge on any atom is 0.435 e. The van der Waals surface area contributed by atoms with E-state index in [1.54, 1.807) is 12.2 Å². The van der Waals surface area contributed by atoms with Crippen molar-refractivity contribution < 1.29 is 49.0 Å². The minimum Gasteiger partial charge on any atom is -0.443 e. The Morgan fingerprint density at radius 3 is 1.84 bits per heavy atom. The number of hydrogen-bond acceptors (Lipinski definition) is 3. The van der Waals surface area contributed by atoms with E-state index in [4.69, 9.17) is 4.74 Å². The van der Waals surface area contributed by atoms with Crippen molar-refractivity contribution in [2.45, 2.75) is 51.3 Å². The minimum absolute atomic E-state index is 0.0831. The minimum atomic E-state index is -5.31. The van der Waals surface area contributed by atoms with E-state index >= 15 is 0 Å². The van der Waals surface area contributed by atoms with Crippen LogP contribution in [0, 0.1) is 0 Å². The van der Waals surface area contributed by atoms with Gasteiger partial charge in [0, 0.05) is 0 Å². The fraction of sp³-hybridized carbons (Fsp3) is 0.444. The van der Waals surface area contributed by atoms with Crippen LogP contribution in [0.3, 0.4) is 0 Å². The van der Waals surface area contributed by atoms with Gasteiger partial charge in [0.1, 0.15) is 5.60 Å². The first-order valence-corrected chi connectivity index (χ1v) is 8.80. The first-order valence-electron chi connectivity index (χ1n) is 8.80. The van der Waals surface area contributed by atoms with E-state index in [0.717, 1.165) is 0 Å². The summed E-state index contributed by atoms with van der Waals surface area (Å²) < 4.78 is 124. The quantitative estimate of drug-likeness (QED) is 0.501. The third-order valence-corrected chi connectivity index (χ3v) is 4.31. The molecule has 1 amide bonds. The number of carbonyl (C=O) groups is 1. The summed E-state index contributed by atoms with van der Waals surface area (Å²) in [6.45, 7) is 4.59. The van der Waals surface area contributed by atoms with Crippen LogP contribution in [0.5, 0.6) is 0 Å². The summed E-state index contributed by atoms with van der Waals surface area (Å²) in [5, 5.41) is 5.04. The van der Waals surface area contributed by atoms with E-state index in [1.165, 1.54) is 13.8 Å². The largest absolute Gasteiger partial charge is 0.443 e. The molecule has 0 bridgehead atoms.